The molecule has 2 atom stereocenters. The van der Waals surface area contributed by atoms with Gasteiger partial charge in [-0.3, -0.25) is 9.78 Å². The van der Waals surface area contributed by atoms with Gasteiger partial charge in [0, 0.05) is 36.3 Å². The number of piperidine rings is 1. The van der Waals surface area contributed by atoms with Crippen LogP contribution in [0.2, 0.25) is 0 Å². The Balaban J connectivity index is 1.65. The number of hydrogen-bond donors (Lipinski definition) is 1. The highest BCUT2D eigenvalue weighted by Gasteiger charge is 2.36. The van der Waals surface area contributed by atoms with Crippen LogP contribution in [0.3, 0.4) is 0 Å². The summed E-state index contributed by atoms with van der Waals surface area (Å²) < 4.78 is 0. The van der Waals surface area contributed by atoms with E-state index in [1.165, 1.54) is 12.8 Å². The molecular formula is C19H23N3O. The standard InChI is InChI=1S/C19H23N3O/c1-12-6-7-13-4-3-5-17(18(13)20-12)19(23)22(2)16-10-14-8-9-15(11-16)21-14/h3-7,14-16,21H,8-11H2,1-2H3. The van der Waals surface area contributed by atoms with E-state index >= 15 is 0 Å². The number of carbonyl (C=O) groups is 1. The van der Waals surface area contributed by atoms with E-state index in [-0.39, 0.29) is 5.91 Å². The molecule has 4 rings (SSSR count). The number of para-hydroxylation sites is 1. The molecular weight excluding hydrogens is 286 g/mol. The zero-order valence-electron chi connectivity index (χ0n) is 13.7. The number of fused-ring (bicyclic) bond motifs is 3. The summed E-state index contributed by atoms with van der Waals surface area (Å²) >= 11 is 0. The second kappa shape index (κ2) is 5.60. The largest absolute Gasteiger partial charge is 0.339 e. The van der Waals surface area contributed by atoms with E-state index in [0.29, 0.717) is 18.1 Å². The second-order valence-electron chi connectivity index (χ2n) is 7.01. The van der Waals surface area contributed by atoms with Gasteiger partial charge in [-0.1, -0.05) is 18.2 Å². The molecule has 1 amide bonds. The molecule has 1 N–H and O–H groups in total. The van der Waals surface area contributed by atoms with Gasteiger partial charge < -0.3 is 10.2 Å². The van der Waals surface area contributed by atoms with Gasteiger partial charge in [-0.25, -0.2) is 0 Å². The van der Waals surface area contributed by atoms with Crippen molar-refractivity contribution >= 4 is 16.8 Å². The molecule has 0 spiro atoms. The maximum absolute atomic E-state index is 13.1. The molecule has 120 valence electrons. The molecule has 1 aromatic heterocycles. The maximum atomic E-state index is 13.1. The van der Waals surface area contributed by atoms with Crippen molar-refractivity contribution in [3.8, 4) is 0 Å². The van der Waals surface area contributed by atoms with Crippen LogP contribution in [-0.4, -0.2) is 41.0 Å². The Morgan fingerprint density at radius 3 is 2.65 bits per heavy atom. The molecule has 0 aliphatic carbocycles. The van der Waals surface area contributed by atoms with E-state index in [1.807, 2.05) is 49.2 Å². The summed E-state index contributed by atoms with van der Waals surface area (Å²) in [4.78, 5) is 19.6. The van der Waals surface area contributed by atoms with Gasteiger partial charge in [0.05, 0.1) is 11.1 Å². The molecule has 4 nitrogen and oxygen atoms in total. The first kappa shape index (κ1) is 14.6. The third-order valence-electron chi connectivity index (χ3n) is 5.41. The fourth-order valence-electron chi connectivity index (χ4n) is 4.12. The summed E-state index contributed by atoms with van der Waals surface area (Å²) in [5.41, 5.74) is 2.49. The van der Waals surface area contributed by atoms with Crippen molar-refractivity contribution < 1.29 is 4.79 Å². The SMILES string of the molecule is Cc1ccc2cccc(C(=O)N(C)C3CC4CCC(C3)N4)c2n1. The molecule has 2 bridgehead atoms. The Kier molecular flexibility index (Phi) is 3.57. The van der Waals surface area contributed by atoms with Crippen LogP contribution in [0.25, 0.3) is 10.9 Å². The lowest BCUT2D eigenvalue weighted by atomic mass is 9.97. The van der Waals surface area contributed by atoms with Crippen LogP contribution in [0.15, 0.2) is 30.3 Å². The Labute approximate surface area is 136 Å². The topological polar surface area (TPSA) is 45.2 Å². The fraction of sp³-hybridized carbons (Fsp3) is 0.474. The number of pyridine rings is 1. The van der Waals surface area contributed by atoms with E-state index in [0.717, 1.165) is 35.0 Å². The van der Waals surface area contributed by atoms with Gasteiger partial charge in [-0.15, -0.1) is 0 Å². The predicted molar refractivity (Wildman–Crippen MR) is 91.5 cm³/mol. The molecule has 2 aromatic rings. The molecule has 2 aliphatic heterocycles. The lowest BCUT2D eigenvalue weighted by Crippen LogP contribution is -2.48. The summed E-state index contributed by atoms with van der Waals surface area (Å²) in [6, 6.07) is 11.4. The molecule has 0 saturated carbocycles. The Morgan fingerprint density at radius 1 is 1.17 bits per heavy atom. The zero-order valence-corrected chi connectivity index (χ0v) is 13.7. The van der Waals surface area contributed by atoms with Crippen molar-refractivity contribution in [2.45, 2.75) is 50.7 Å². The third kappa shape index (κ3) is 2.61. The molecule has 4 heteroatoms. The number of aromatic nitrogens is 1. The average molecular weight is 309 g/mol. The van der Waals surface area contributed by atoms with Crippen LogP contribution < -0.4 is 5.32 Å². The highest BCUT2D eigenvalue weighted by Crippen LogP contribution is 2.30. The average Bonchev–Trinajstić information content (AvgIpc) is 2.91. The molecule has 23 heavy (non-hydrogen) atoms. The summed E-state index contributed by atoms with van der Waals surface area (Å²) in [7, 11) is 1.95. The summed E-state index contributed by atoms with van der Waals surface area (Å²) in [6.07, 6.45) is 4.63. The number of rotatable bonds is 2. The van der Waals surface area contributed by atoms with Crippen LogP contribution in [0.5, 0.6) is 0 Å². The van der Waals surface area contributed by atoms with E-state index in [4.69, 9.17) is 0 Å². The van der Waals surface area contributed by atoms with Gasteiger partial charge in [0.1, 0.15) is 0 Å². The van der Waals surface area contributed by atoms with Crippen LogP contribution in [0.4, 0.5) is 0 Å². The highest BCUT2D eigenvalue weighted by molar-refractivity contribution is 6.05. The minimum atomic E-state index is 0.0972. The Hall–Kier alpha value is -1.94. The molecule has 1 aromatic carbocycles. The summed E-state index contributed by atoms with van der Waals surface area (Å²) in [5.74, 6) is 0.0972. The van der Waals surface area contributed by atoms with Crippen molar-refractivity contribution in [2.24, 2.45) is 0 Å². The lowest BCUT2D eigenvalue weighted by molar-refractivity contribution is 0.0683. The van der Waals surface area contributed by atoms with E-state index in [9.17, 15) is 4.79 Å². The van der Waals surface area contributed by atoms with Crippen LogP contribution >= 0.6 is 0 Å². The molecule has 3 heterocycles. The van der Waals surface area contributed by atoms with Gasteiger partial charge >= 0.3 is 0 Å². The quantitative estimate of drug-likeness (QED) is 0.928. The number of carbonyl (C=O) groups excluding carboxylic acids is 1. The van der Waals surface area contributed by atoms with Gasteiger partial charge in [0.2, 0.25) is 0 Å². The first-order valence-electron chi connectivity index (χ1n) is 8.51. The maximum Gasteiger partial charge on any atom is 0.256 e. The number of amides is 1. The number of nitrogens with zero attached hydrogens (tertiary/aromatic N) is 2. The first-order valence-corrected chi connectivity index (χ1v) is 8.51. The monoisotopic (exact) mass is 309 g/mol. The number of nitrogens with one attached hydrogen (secondary N) is 1. The van der Waals surface area contributed by atoms with Gasteiger partial charge in [-0.05, 0) is 44.7 Å². The van der Waals surface area contributed by atoms with Crippen molar-refractivity contribution in [1.29, 1.82) is 0 Å². The van der Waals surface area contributed by atoms with Crippen LogP contribution in [-0.2, 0) is 0 Å². The second-order valence-corrected chi connectivity index (χ2v) is 7.01. The molecule has 2 unspecified atom stereocenters. The zero-order chi connectivity index (χ0) is 16.0. The smallest absolute Gasteiger partial charge is 0.256 e. The molecule has 0 radical (unpaired) electrons. The van der Waals surface area contributed by atoms with Gasteiger partial charge in [-0.2, -0.15) is 0 Å². The molecule has 2 saturated heterocycles. The minimum absolute atomic E-state index is 0.0972. The first-order chi connectivity index (χ1) is 11.1. The van der Waals surface area contributed by atoms with E-state index < -0.39 is 0 Å². The number of hydrogen-bond acceptors (Lipinski definition) is 3. The third-order valence-corrected chi connectivity index (χ3v) is 5.41. The summed E-state index contributed by atoms with van der Waals surface area (Å²) in [5, 5.41) is 4.67. The molecule has 2 aliphatic rings. The fourth-order valence-corrected chi connectivity index (χ4v) is 4.12. The number of benzene rings is 1. The van der Waals surface area contributed by atoms with Gasteiger partial charge in [0.25, 0.3) is 5.91 Å². The van der Waals surface area contributed by atoms with Crippen LogP contribution in [0.1, 0.15) is 41.7 Å². The van der Waals surface area contributed by atoms with E-state index in [2.05, 4.69) is 10.3 Å². The highest BCUT2D eigenvalue weighted by atomic mass is 16.2. The predicted octanol–water partition coefficient (Wildman–Crippen LogP) is 2.90. The molecule has 2 fully saturated rings. The number of aryl methyl sites for hydroxylation is 1. The van der Waals surface area contributed by atoms with E-state index in [1.54, 1.807) is 0 Å². The lowest BCUT2D eigenvalue weighted by Gasteiger charge is -2.35. The van der Waals surface area contributed by atoms with Crippen molar-refractivity contribution in [2.75, 3.05) is 7.05 Å². The van der Waals surface area contributed by atoms with Crippen molar-refractivity contribution in [3.63, 3.8) is 0 Å². The normalized spacial score (nSPS) is 26.4. The Morgan fingerprint density at radius 2 is 1.91 bits per heavy atom. The Bertz CT molecular complexity index is 745. The van der Waals surface area contributed by atoms with Crippen molar-refractivity contribution in [1.82, 2.24) is 15.2 Å². The van der Waals surface area contributed by atoms with Crippen LogP contribution in [0, 0.1) is 6.92 Å². The van der Waals surface area contributed by atoms with Crippen molar-refractivity contribution in [3.05, 3.63) is 41.6 Å². The summed E-state index contributed by atoms with van der Waals surface area (Å²) in [6.45, 7) is 1.97. The minimum Gasteiger partial charge on any atom is -0.339 e. The van der Waals surface area contributed by atoms with Gasteiger partial charge in [0.15, 0.2) is 0 Å².